The van der Waals surface area contributed by atoms with Crippen LogP contribution in [0.1, 0.15) is 38.1 Å². The summed E-state index contributed by atoms with van der Waals surface area (Å²) in [7, 11) is 0. The summed E-state index contributed by atoms with van der Waals surface area (Å²) in [6.07, 6.45) is 9.69. The van der Waals surface area contributed by atoms with Crippen molar-refractivity contribution in [3.05, 3.63) is 12.7 Å². The number of nitrogens with two attached hydrogens (primary N) is 1. The number of rotatable bonds is 1. The van der Waals surface area contributed by atoms with Crippen LogP contribution in [0.5, 0.6) is 0 Å². The highest BCUT2D eigenvalue weighted by molar-refractivity contribution is 4.83. The molecule has 0 amide bonds. The van der Waals surface area contributed by atoms with E-state index in [9.17, 15) is 0 Å². The molecule has 1 aromatic rings. The van der Waals surface area contributed by atoms with Crippen LogP contribution in [-0.4, -0.2) is 20.8 Å². The molecule has 4 nitrogen and oxygen atoms in total. The molecule has 1 saturated carbocycles. The fourth-order valence-electron chi connectivity index (χ4n) is 2.07. The molecule has 0 saturated heterocycles. The Hall–Kier alpha value is -0.900. The molecule has 2 rings (SSSR count). The molecule has 72 valence electrons. The molecule has 1 aliphatic rings. The van der Waals surface area contributed by atoms with Crippen LogP contribution in [0.4, 0.5) is 0 Å². The first kappa shape index (κ1) is 8.69. The van der Waals surface area contributed by atoms with Crippen molar-refractivity contribution in [1.29, 1.82) is 0 Å². The van der Waals surface area contributed by atoms with Gasteiger partial charge in [-0.1, -0.05) is 19.3 Å². The van der Waals surface area contributed by atoms with E-state index in [4.69, 9.17) is 5.73 Å². The third kappa shape index (κ3) is 1.88. The molecular weight excluding hydrogens is 164 g/mol. The third-order valence-corrected chi connectivity index (χ3v) is 2.85. The van der Waals surface area contributed by atoms with Crippen molar-refractivity contribution in [2.24, 2.45) is 5.73 Å². The van der Waals surface area contributed by atoms with Gasteiger partial charge in [0.15, 0.2) is 0 Å². The maximum atomic E-state index is 6.09. The first-order chi connectivity index (χ1) is 6.38. The van der Waals surface area contributed by atoms with Crippen molar-refractivity contribution in [2.45, 2.75) is 44.2 Å². The van der Waals surface area contributed by atoms with Crippen molar-refractivity contribution >= 4 is 0 Å². The van der Waals surface area contributed by atoms with Crippen LogP contribution in [-0.2, 0) is 0 Å². The molecule has 2 atom stereocenters. The second kappa shape index (κ2) is 3.87. The minimum Gasteiger partial charge on any atom is -0.326 e. The molecule has 1 aromatic heterocycles. The summed E-state index contributed by atoms with van der Waals surface area (Å²) < 4.78 is 2.05. The van der Waals surface area contributed by atoms with E-state index >= 15 is 0 Å². The summed E-state index contributed by atoms with van der Waals surface area (Å²) >= 11 is 0. The molecule has 13 heavy (non-hydrogen) atoms. The van der Waals surface area contributed by atoms with E-state index in [0.29, 0.717) is 6.04 Å². The lowest BCUT2D eigenvalue weighted by atomic mass is 10.0. The molecule has 2 unspecified atom stereocenters. The van der Waals surface area contributed by atoms with Gasteiger partial charge < -0.3 is 10.3 Å². The molecule has 4 heteroatoms. The van der Waals surface area contributed by atoms with E-state index in [-0.39, 0.29) is 6.04 Å². The summed E-state index contributed by atoms with van der Waals surface area (Å²) in [5.41, 5.74) is 6.09. The van der Waals surface area contributed by atoms with Gasteiger partial charge in [0.05, 0.1) is 6.04 Å². The van der Waals surface area contributed by atoms with E-state index in [0.717, 1.165) is 6.42 Å². The summed E-state index contributed by atoms with van der Waals surface area (Å²) in [4.78, 5) is 0. The predicted octanol–water partition coefficient (Wildman–Crippen LogP) is 1.11. The standard InChI is InChI=1S/C9H16N4/c10-8-4-2-1-3-5-9(8)13-6-11-12-7-13/h6-9H,1-5,10H2. The fraction of sp³-hybridized carbons (Fsp3) is 0.778. The van der Waals surface area contributed by atoms with Crippen LogP contribution in [0.2, 0.25) is 0 Å². The molecule has 0 radical (unpaired) electrons. The van der Waals surface area contributed by atoms with Crippen molar-refractivity contribution in [1.82, 2.24) is 14.8 Å². The Morgan fingerprint density at radius 3 is 2.54 bits per heavy atom. The zero-order chi connectivity index (χ0) is 9.10. The van der Waals surface area contributed by atoms with Crippen LogP contribution in [0.15, 0.2) is 12.7 Å². The van der Waals surface area contributed by atoms with Gasteiger partial charge in [-0.15, -0.1) is 10.2 Å². The van der Waals surface area contributed by atoms with E-state index < -0.39 is 0 Å². The normalized spacial score (nSPS) is 29.9. The lowest BCUT2D eigenvalue weighted by Gasteiger charge is -2.21. The fourth-order valence-corrected chi connectivity index (χ4v) is 2.07. The molecule has 0 aliphatic heterocycles. The van der Waals surface area contributed by atoms with Gasteiger partial charge in [0, 0.05) is 6.04 Å². The Morgan fingerprint density at radius 2 is 1.77 bits per heavy atom. The maximum absolute atomic E-state index is 6.09. The quantitative estimate of drug-likeness (QED) is 0.659. The van der Waals surface area contributed by atoms with Crippen molar-refractivity contribution in [2.75, 3.05) is 0 Å². The minimum atomic E-state index is 0.276. The van der Waals surface area contributed by atoms with Gasteiger partial charge in [0.25, 0.3) is 0 Å². The number of aromatic nitrogens is 3. The SMILES string of the molecule is NC1CCCCCC1n1cnnc1. The zero-order valence-corrected chi connectivity index (χ0v) is 7.76. The number of hydrogen-bond acceptors (Lipinski definition) is 3. The van der Waals surface area contributed by atoms with Gasteiger partial charge in [-0.3, -0.25) is 0 Å². The lowest BCUT2D eigenvalue weighted by Crippen LogP contribution is -2.30. The maximum Gasteiger partial charge on any atom is 0.119 e. The van der Waals surface area contributed by atoms with E-state index in [2.05, 4.69) is 14.8 Å². The van der Waals surface area contributed by atoms with E-state index in [1.165, 1.54) is 25.7 Å². The lowest BCUT2D eigenvalue weighted by molar-refractivity contribution is 0.387. The Kier molecular flexibility index (Phi) is 2.59. The summed E-state index contributed by atoms with van der Waals surface area (Å²) in [5, 5.41) is 7.64. The molecule has 1 aliphatic carbocycles. The molecule has 0 bridgehead atoms. The Bertz CT molecular complexity index is 244. The van der Waals surface area contributed by atoms with Crippen LogP contribution in [0.3, 0.4) is 0 Å². The Morgan fingerprint density at radius 1 is 1.08 bits per heavy atom. The van der Waals surface area contributed by atoms with Gasteiger partial charge in [-0.05, 0) is 12.8 Å². The minimum absolute atomic E-state index is 0.276. The topological polar surface area (TPSA) is 56.7 Å². The molecular formula is C9H16N4. The van der Waals surface area contributed by atoms with Crippen molar-refractivity contribution in [3.8, 4) is 0 Å². The molecule has 0 spiro atoms. The first-order valence-corrected chi connectivity index (χ1v) is 4.97. The second-order valence-corrected chi connectivity index (χ2v) is 3.78. The summed E-state index contributed by atoms with van der Waals surface area (Å²) in [6.45, 7) is 0. The molecule has 1 fully saturated rings. The highest BCUT2D eigenvalue weighted by Crippen LogP contribution is 2.25. The molecule has 1 heterocycles. The van der Waals surface area contributed by atoms with Gasteiger partial charge in [0.2, 0.25) is 0 Å². The van der Waals surface area contributed by atoms with Crippen LogP contribution in [0.25, 0.3) is 0 Å². The van der Waals surface area contributed by atoms with Crippen LogP contribution < -0.4 is 5.73 Å². The highest BCUT2D eigenvalue weighted by Gasteiger charge is 2.21. The van der Waals surface area contributed by atoms with E-state index in [1.807, 2.05) is 0 Å². The van der Waals surface area contributed by atoms with Gasteiger partial charge in [0.1, 0.15) is 12.7 Å². The second-order valence-electron chi connectivity index (χ2n) is 3.78. The first-order valence-electron chi connectivity index (χ1n) is 4.97. The van der Waals surface area contributed by atoms with Crippen LogP contribution >= 0.6 is 0 Å². The van der Waals surface area contributed by atoms with Crippen molar-refractivity contribution in [3.63, 3.8) is 0 Å². The summed E-state index contributed by atoms with van der Waals surface area (Å²) in [5.74, 6) is 0. The monoisotopic (exact) mass is 180 g/mol. The predicted molar refractivity (Wildman–Crippen MR) is 50.1 cm³/mol. The smallest absolute Gasteiger partial charge is 0.119 e. The third-order valence-electron chi connectivity index (χ3n) is 2.85. The van der Waals surface area contributed by atoms with E-state index in [1.54, 1.807) is 12.7 Å². The number of nitrogens with zero attached hydrogens (tertiary/aromatic N) is 3. The number of hydrogen-bond donors (Lipinski definition) is 1. The van der Waals surface area contributed by atoms with Gasteiger partial charge in [-0.2, -0.15) is 0 Å². The Labute approximate surface area is 78.1 Å². The largest absolute Gasteiger partial charge is 0.326 e. The molecule has 0 aromatic carbocycles. The van der Waals surface area contributed by atoms with Gasteiger partial charge in [-0.25, -0.2) is 0 Å². The summed E-state index contributed by atoms with van der Waals surface area (Å²) in [6, 6.07) is 0.691. The van der Waals surface area contributed by atoms with Crippen molar-refractivity contribution < 1.29 is 0 Å². The van der Waals surface area contributed by atoms with Crippen LogP contribution in [0, 0.1) is 0 Å². The average Bonchev–Trinajstić information content (AvgIpc) is 2.56. The molecule has 2 N–H and O–H groups in total. The average molecular weight is 180 g/mol. The Balaban J connectivity index is 2.11. The van der Waals surface area contributed by atoms with Gasteiger partial charge >= 0.3 is 0 Å². The highest BCUT2D eigenvalue weighted by atomic mass is 15.2. The zero-order valence-electron chi connectivity index (χ0n) is 7.76.